The predicted molar refractivity (Wildman–Crippen MR) is 120 cm³/mol. The van der Waals surface area contributed by atoms with Crippen molar-refractivity contribution in [2.45, 2.75) is 0 Å². The zero-order valence-corrected chi connectivity index (χ0v) is 17.4. The Balaban J connectivity index is 2.00. The van der Waals surface area contributed by atoms with Crippen molar-refractivity contribution in [2.75, 3.05) is 0 Å². The van der Waals surface area contributed by atoms with E-state index in [0.717, 1.165) is 30.9 Å². The Labute approximate surface area is 173 Å². The second-order valence-corrected chi connectivity index (χ2v) is 8.23. The Morgan fingerprint density at radius 2 is 1.22 bits per heavy atom. The van der Waals surface area contributed by atoms with Crippen molar-refractivity contribution in [2.24, 2.45) is 0 Å². The lowest BCUT2D eigenvalue weighted by Gasteiger charge is -2.14. The van der Waals surface area contributed by atoms with Gasteiger partial charge in [-0.25, -0.2) is 0 Å². The molecule has 1 aromatic heterocycles. The average molecular weight is 478 g/mol. The summed E-state index contributed by atoms with van der Waals surface area (Å²) in [5, 5.41) is 2.27. The lowest BCUT2D eigenvalue weighted by Crippen LogP contribution is -1.88. The smallest absolute Gasteiger partial charge is 0.137 e. The fraction of sp³-hybridized carbons (Fsp3) is 0. The maximum Gasteiger partial charge on any atom is 0.137 e. The van der Waals surface area contributed by atoms with E-state index in [4.69, 9.17) is 4.42 Å². The molecule has 1 nitrogen and oxygen atoms in total. The molecule has 0 saturated carbocycles. The van der Waals surface area contributed by atoms with Crippen LogP contribution >= 0.6 is 31.9 Å². The molecule has 0 aliphatic rings. The van der Waals surface area contributed by atoms with E-state index in [1.807, 2.05) is 18.2 Å². The van der Waals surface area contributed by atoms with Crippen LogP contribution in [0.15, 0.2) is 98.3 Å². The molecular weight excluding hydrogens is 464 g/mol. The summed E-state index contributed by atoms with van der Waals surface area (Å²) in [5.74, 6) is 0. The van der Waals surface area contributed by atoms with Crippen LogP contribution in [0.3, 0.4) is 0 Å². The summed E-state index contributed by atoms with van der Waals surface area (Å²) >= 11 is 7.35. The number of furan rings is 1. The van der Waals surface area contributed by atoms with Crippen molar-refractivity contribution in [1.82, 2.24) is 0 Å². The number of hydrogen-bond donors (Lipinski definition) is 0. The van der Waals surface area contributed by atoms with Crippen molar-refractivity contribution in [3.8, 4) is 22.3 Å². The van der Waals surface area contributed by atoms with Gasteiger partial charge in [0.15, 0.2) is 0 Å². The highest BCUT2D eigenvalue weighted by atomic mass is 79.9. The Morgan fingerprint density at radius 1 is 0.593 bits per heavy atom. The molecule has 0 spiro atoms. The van der Waals surface area contributed by atoms with E-state index in [9.17, 15) is 0 Å². The SMILES string of the molecule is Brc1ccc2c(c1)oc1cc(Br)c(-c3ccccc3)c(-c3ccccc3)c12. The highest BCUT2D eigenvalue weighted by Gasteiger charge is 2.20. The highest BCUT2D eigenvalue weighted by Crippen LogP contribution is 2.46. The van der Waals surface area contributed by atoms with Gasteiger partial charge in [-0.1, -0.05) is 76.6 Å². The summed E-state index contributed by atoms with van der Waals surface area (Å²) < 4.78 is 8.24. The molecule has 0 radical (unpaired) electrons. The largest absolute Gasteiger partial charge is 0.456 e. The Bertz CT molecular complexity index is 1270. The molecule has 0 aliphatic carbocycles. The molecule has 0 amide bonds. The van der Waals surface area contributed by atoms with Gasteiger partial charge >= 0.3 is 0 Å². The van der Waals surface area contributed by atoms with Crippen LogP contribution in [-0.4, -0.2) is 0 Å². The van der Waals surface area contributed by atoms with Crippen LogP contribution in [0, 0.1) is 0 Å². The maximum absolute atomic E-state index is 6.21. The molecule has 3 heteroatoms. The van der Waals surface area contributed by atoms with Gasteiger partial charge in [-0.05, 0) is 51.3 Å². The fourth-order valence-electron chi connectivity index (χ4n) is 3.66. The molecule has 5 aromatic rings. The summed E-state index contributed by atoms with van der Waals surface area (Å²) in [6.45, 7) is 0. The van der Waals surface area contributed by atoms with Crippen molar-refractivity contribution in [1.29, 1.82) is 0 Å². The molecule has 0 atom stereocenters. The van der Waals surface area contributed by atoms with Crippen molar-refractivity contribution >= 4 is 53.8 Å². The van der Waals surface area contributed by atoms with E-state index in [1.165, 1.54) is 22.3 Å². The van der Waals surface area contributed by atoms with Gasteiger partial charge in [-0.3, -0.25) is 0 Å². The third-order valence-electron chi connectivity index (χ3n) is 4.80. The van der Waals surface area contributed by atoms with Crippen LogP contribution < -0.4 is 0 Å². The van der Waals surface area contributed by atoms with E-state index < -0.39 is 0 Å². The first-order chi connectivity index (χ1) is 13.2. The highest BCUT2D eigenvalue weighted by molar-refractivity contribution is 9.10. The van der Waals surface area contributed by atoms with Gasteiger partial charge in [0.1, 0.15) is 11.2 Å². The molecule has 5 rings (SSSR count). The first-order valence-electron chi connectivity index (χ1n) is 8.67. The standard InChI is InChI=1S/C24H14Br2O/c25-17-11-12-18-20(13-17)27-21-14-19(26)22(15-7-3-1-4-8-15)23(24(18)21)16-9-5-2-6-10-16/h1-14H. The molecule has 0 saturated heterocycles. The van der Waals surface area contributed by atoms with E-state index in [0.29, 0.717) is 0 Å². The third kappa shape index (κ3) is 2.82. The van der Waals surface area contributed by atoms with Crippen molar-refractivity contribution in [3.63, 3.8) is 0 Å². The van der Waals surface area contributed by atoms with E-state index in [-0.39, 0.29) is 0 Å². The molecular formula is C24H14Br2O. The second kappa shape index (κ2) is 6.66. The first kappa shape index (κ1) is 16.8. The number of hydrogen-bond acceptors (Lipinski definition) is 1. The molecule has 0 bridgehead atoms. The second-order valence-electron chi connectivity index (χ2n) is 6.46. The number of halogens is 2. The Morgan fingerprint density at radius 3 is 1.89 bits per heavy atom. The molecule has 4 aromatic carbocycles. The van der Waals surface area contributed by atoms with Crippen molar-refractivity contribution in [3.05, 3.63) is 93.9 Å². The lowest BCUT2D eigenvalue weighted by molar-refractivity contribution is 0.668. The molecule has 0 aliphatic heterocycles. The van der Waals surface area contributed by atoms with Gasteiger partial charge in [0, 0.05) is 30.8 Å². The van der Waals surface area contributed by atoms with Crippen LogP contribution in [-0.2, 0) is 0 Å². The maximum atomic E-state index is 6.21. The quantitative estimate of drug-likeness (QED) is 0.248. The minimum absolute atomic E-state index is 0.883. The zero-order chi connectivity index (χ0) is 18.4. The van der Waals surface area contributed by atoms with Gasteiger partial charge in [0.2, 0.25) is 0 Å². The fourth-order valence-corrected chi connectivity index (χ4v) is 4.64. The Hall–Kier alpha value is -2.36. The molecule has 0 N–H and O–H groups in total. The van der Waals surface area contributed by atoms with E-state index in [1.54, 1.807) is 0 Å². The molecule has 0 fully saturated rings. The first-order valence-corrected chi connectivity index (χ1v) is 10.3. The predicted octanol–water partition coefficient (Wildman–Crippen LogP) is 8.45. The minimum Gasteiger partial charge on any atom is -0.456 e. The van der Waals surface area contributed by atoms with Gasteiger partial charge in [-0.2, -0.15) is 0 Å². The number of fused-ring (bicyclic) bond motifs is 3. The Kier molecular flexibility index (Phi) is 4.14. The van der Waals surface area contributed by atoms with Crippen LogP contribution in [0.4, 0.5) is 0 Å². The van der Waals surface area contributed by atoms with Gasteiger partial charge < -0.3 is 4.42 Å². The van der Waals surface area contributed by atoms with E-state index >= 15 is 0 Å². The lowest BCUT2D eigenvalue weighted by atomic mass is 9.90. The van der Waals surface area contributed by atoms with Gasteiger partial charge in [0.25, 0.3) is 0 Å². The molecule has 1 heterocycles. The summed E-state index contributed by atoms with van der Waals surface area (Å²) in [4.78, 5) is 0. The summed E-state index contributed by atoms with van der Waals surface area (Å²) in [6.07, 6.45) is 0. The summed E-state index contributed by atoms with van der Waals surface area (Å²) in [5.41, 5.74) is 6.49. The van der Waals surface area contributed by atoms with Gasteiger partial charge in [0.05, 0.1) is 0 Å². The molecule has 27 heavy (non-hydrogen) atoms. The topological polar surface area (TPSA) is 13.1 Å². The number of rotatable bonds is 2. The normalized spacial score (nSPS) is 11.3. The van der Waals surface area contributed by atoms with Crippen LogP contribution in [0.5, 0.6) is 0 Å². The van der Waals surface area contributed by atoms with Crippen LogP contribution in [0.1, 0.15) is 0 Å². The summed E-state index contributed by atoms with van der Waals surface area (Å²) in [6, 6.07) is 29.3. The van der Waals surface area contributed by atoms with Crippen molar-refractivity contribution < 1.29 is 4.42 Å². The van der Waals surface area contributed by atoms with Gasteiger partial charge in [-0.15, -0.1) is 0 Å². The third-order valence-corrected chi connectivity index (χ3v) is 5.92. The van der Waals surface area contributed by atoms with Crippen LogP contribution in [0.25, 0.3) is 44.2 Å². The monoisotopic (exact) mass is 476 g/mol. The van der Waals surface area contributed by atoms with Crippen LogP contribution in [0.2, 0.25) is 0 Å². The minimum atomic E-state index is 0.883. The van der Waals surface area contributed by atoms with E-state index in [2.05, 4.69) is 98.6 Å². The zero-order valence-electron chi connectivity index (χ0n) is 14.2. The number of benzene rings is 4. The summed E-state index contributed by atoms with van der Waals surface area (Å²) in [7, 11) is 0. The average Bonchev–Trinajstić information content (AvgIpc) is 3.04. The molecule has 0 unspecified atom stereocenters. The molecule has 130 valence electrons.